The van der Waals surface area contributed by atoms with E-state index in [1.165, 1.54) is 50.0 Å². The Bertz CT molecular complexity index is 643. The van der Waals surface area contributed by atoms with Crippen molar-refractivity contribution in [1.29, 1.82) is 0 Å². The number of hydrogen-bond donors (Lipinski definition) is 0. The Hall–Kier alpha value is -1.39. The molecule has 0 radical (unpaired) electrons. The molecule has 2 atom stereocenters. The van der Waals surface area contributed by atoms with Gasteiger partial charge in [0.05, 0.1) is 6.61 Å². The molecule has 1 amide bonds. The molecule has 2 aliphatic heterocycles. The standard InChI is InChI=1S/C22H32N2O2/c1-23(2)21(25)13-18-14-22(20-6-4-3-5-19(18)20)8-10-24(11-9-22)15-17-7-12-26-16-17/h3-6,17-18H,7-16H2,1-2H3/t17-,18-/m1/s1. The van der Waals surface area contributed by atoms with Crippen LogP contribution in [-0.2, 0) is 14.9 Å². The lowest BCUT2D eigenvalue weighted by molar-refractivity contribution is -0.129. The fourth-order valence-electron chi connectivity index (χ4n) is 5.33. The number of carbonyl (C=O) groups is 1. The van der Waals surface area contributed by atoms with Gasteiger partial charge in [-0.2, -0.15) is 0 Å². The number of piperidine rings is 1. The highest BCUT2D eigenvalue weighted by atomic mass is 16.5. The quantitative estimate of drug-likeness (QED) is 0.831. The maximum atomic E-state index is 12.3. The van der Waals surface area contributed by atoms with E-state index in [1.54, 1.807) is 4.90 Å². The smallest absolute Gasteiger partial charge is 0.222 e. The van der Waals surface area contributed by atoms with Crippen LogP contribution in [0.15, 0.2) is 24.3 Å². The first-order chi connectivity index (χ1) is 12.6. The van der Waals surface area contributed by atoms with Crippen LogP contribution < -0.4 is 0 Å². The maximum absolute atomic E-state index is 12.3. The van der Waals surface area contributed by atoms with Crippen LogP contribution in [0, 0.1) is 5.92 Å². The van der Waals surface area contributed by atoms with Crippen molar-refractivity contribution in [3.8, 4) is 0 Å². The number of likely N-dealkylation sites (tertiary alicyclic amines) is 1. The third kappa shape index (κ3) is 3.41. The van der Waals surface area contributed by atoms with Gasteiger partial charge in [0.15, 0.2) is 0 Å². The van der Waals surface area contributed by atoms with Gasteiger partial charge in [-0.1, -0.05) is 24.3 Å². The third-order valence-corrected chi connectivity index (χ3v) is 6.88. The summed E-state index contributed by atoms with van der Waals surface area (Å²) < 4.78 is 5.55. The Morgan fingerprint density at radius 2 is 2.04 bits per heavy atom. The van der Waals surface area contributed by atoms with Crippen molar-refractivity contribution in [2.45, 2.75) is 43.4 Å². The minimum Gasteiger partial charge on any atom is -0.381 e. The first kappa shape index (κ1) is 18.0. The van der Waals surface area contributed by atoms with Crippen LogP contribution >= 0.6 is 0 Å². The minimum atomic E-state index is 0.250. The molecule has 0 saturated carbocycles. The van der Waals surface area contributed by atoms with Gasteiger partial charge in [-0.15, -0.1) is 0 Å². The minimum absolute atomic E-state index is 0.250. The van der Waals surface area contributed by atoms with Crippen LogP contribution in [0.5, 0.6) is 0 Å². The second-order valence-electron chi connectivity index (χ2n) is 8.79. The average molecular weight is 357 g/mol. The zero-order valence-corrected chi connectivity index (χ0v) is 16.2. The van der Waals surface area contributed by atoms with Gasteiger partial charge in [-0.25, -0.2) is 0 Å². The number of amides is 1. The Balaban J connectivity index is 1.46. The van der Waals surface area contributed by atoms with Crippen LogP contribution in [0.25, 0.3) is 0 Å². The predicted molar refractivity (Wildman–Crippen MR) is 103 cm³/mol. The summed E-state index contributed by atoms with van der Waals surface area (Å²) in [6, 6.07) is 8.91. The predicted octanol–water partition coefficient (Wildman–Crippen LogP) is 3.02. The Kier molecular flexibility index (Phi) is 5.07. The van der Waals surface area contributed by atoms with Gasteiger partial charge >= 0.3 is 0 Å². The van der Waals surface area contributed by atoms with Crippen LogP contribution in [0.4, 0.5) is 0 Å². The molecule has 1 aromatic carbocycles. The van der Waals surface area contributed by atoms with E-state index in [2.05, 4.69) is 29.2 Å². The fraction of sp³-hybridized carbons (Fsp3) is 0.682. The van der Waals surface area contributed by atoms with Gasteiger partial charge in [0.1, 0.15) is 0 Å². The van der Waals surface area contributed by atoms with E-state index in [4.69, 9.17) is 4.74 Å². The largest absolute Gasteiger partial charge is 0.381 e. The number of carbonyl (C=O) groups excluding carboxylic acids is 1. The van der Waals surface area contributed by atoms with Crippen molar-refractivity contribution in [3.63, 3.8) is 0 Å². The topological polar surface area (TPSA) is 32.8 Å². The molecule has 0 N–H and O–H groups in total. The molecule has 1 spiro atoms. The molecular formula is C22H32N2O2. The van der Waals surface area contributed by atoms with Crippen LogP contribution in [0.3, 0.4) is 0 Å². The first-order valence-electron chi connectivity index (χ1n) is 10.2. The molecule has 2 fully saturated rings. The summed E-state index contributed by atoms with van der Waals surface area (Å²) in [6.45, 7) is 5.44. The number of hydrogen-bond acceptors (Lipinski definition) is 3. The third-order valence-electron chi connectivity index (χ3n) is 6.88. The summed E-state index contributed by atoms with van der Waals surface area (Å²) in [5.74, 6) is 1.36. The van der Waals surface area contributed by atoms with Gasteiger partial charge in [0, 0.05) is 33.7 Å². The van der Waals surface area contributed by atoms with E-state index in [-0.39, 0.29) is 11.3 Å². The van der Waals surface area contributed by atoms with Crippen LogP contribution in [-0.4, -0.2) is 62.7 Å². The molecule has 26 heavy (non-hydrogen) atoms. The number of benzene rings is 1. The van der Waals surface area contributed by atoms with Crippen molar-refractivity contribution in [2.24, 2.45) is 5.92 Å². The van der Waals surface area contributed by atoms with Gasteiger partial charge < -0.3 is 14.5 Å². The second-order valence-corrected chi connectivity index (χ2v) is 8.79. The van der Waals surface area contributed by atoms with Crippen molar-refractivity contribution in [1.82, 2.24) is 9.80 Å². The lowest BCUT2D eigenvalue weighted by Gasteiger charge is -2.41. The monoisotopic (exact) mass is 356 g/mol. The van der Waals surface area contributed by atoms with Crippen molar-refractivity contribution < 1.29 is 9.53 Å². The maximum Gasteiger partial charge on any atom is 0.222 e. The van der Waals surface area contributed by atoms with Gasteiger partial charge in [-0.05, 0) is 67.2 Å². The van der Waals surface area contributed by atoms with E-state index in [0.717, 1.165) is 25.6 Å². The van der Waals surface area contributed by atoms with E-state index < -0.39 is 0 Å². The van der Waals surface area contributed by atoms with Gasteiger partial charge in [0.25, 0.3) is 0 Å². The first-order valence-corrected chi connectivity index (χ1v) is 10.2. The van der Waals surface area contributed by atoms with E-state index in [1.807, 2.05) is 14.1 Å². The number of fused-ring (bicyclic) bond motifs is 2. The SMILES string of the molecule is CN(C)C(=O)C[C@@H]1CC2(CCN(C[C@H]3CCOC3)CC2)c2ccccc21. The zero-order valence-electron chi connectivity index (χ0n) is 16.2. The number of rotatable bonds is 4. The Morgan fingerprint density at radius 3 is 2.73 bits per heavy atom. The average Bonchev–Trinajstić information content (AvgIpc) is 3.25. The molecular weight excluding hydrogens is 324 g/mol. The molecule has 142 valence electrons. The van der Waals surface area contributed by atoms with Crippen molar-refractivity contribution in [3.05, 3.63) is 35.4 Å². The fourth-order valence-corrected chi connectivity index (χ4v) is 5.33. The highest BCUT2D eigenvalue weighted by Crippen LogP contribution is 2.52. The van der Waals surface area contributed by atoms with Crippen molar-refractivity contribution >= 4 is 5.91 Å². The lowest BCUT2D eigenvalue weighted by atomic mass is 9.73. The van der Waals surface area contributed by atoms with Gasteiger partial charge in [0.2, 0.25) is 5.91 Å². The summed E-state index contributed by atoms with van der Waals surface area (Å²) >= 11 is 0. The molecule has 2 heterocycles. The highest BCUT2D eigenvalue weighted by molar-refractivity contribution is 5.77. The Labute approximate surface area is 157 Å². The highest BCUT2D eigenvalue weighted by Gasteiger charge is 2.45. The molecule has 1 aromatic rings. The van der Waals surface area contributed by atoms with Crippen molar-refractivity contribution in [2.75, 3.05) is 46.9 Å². The molecule has 4 heteroatoms. The molecule has 4 rings (SSSR count). The van der Waals surface area contributed by atoms with E-state index in [9.17, 15) is 4.79 Å². The number of ether oxygens (including phenoxy) is 1. The van der Waals surface area contributed by atoms with E-state index in [0.29, 0.717) is 12.3 Å². The summed E-state index contributed by atoms with van der Waals surface area (Å²) in [5, 5.41) is 0. The molecule has 0 bridgehead atoms. The zero-order chi connectivity index (χ0) is 18.1. The van der Waals surface area contributed by atoms with E-state index >= 15 is 0 Å². The molecule has 1 aliphatic carbocycles. The molecule has 4 nitrogen and oxygen atoms in total. The molecule has 0 aromatic heterocycles. The summed E-state index contributed by atoms with van der Waals surface area (Å²) in [6.07, 6.45) is 5.47. The molecule has 0 unspecified atom stereocenters. The second kappa shape index (κ2) is 7.32. The summed E-state index contributed by atoms with van der Waals surface area (Å²) in [4.78, 5) is 16.7. The number of nitrogens with zero attached hydrogens (tertiary/aromatic N) is 2. The Morgan fingerprint density at radius 1 is 1.27 bits per heavy atom. The van der Waals surface area contributed by atoms with Crippen LogP contribution in [0.1, 0.15) is 49.1 Å². The lowest BCUT2D eigenvalue weighted by Crippen LogP contribution is -2.43. The normalized spacial score (nSPS) is 27.6. The molecule has 3 aliphatic rings. The van der Waals surface area contributed by atoms with Gasteiger partial charge in [-0.3, -0.25) is 4.79 Å². The molecule has 2 saturated heterocycles. The summed E-state index contributed by atoms with van der Waals surface area (Å²) in [7, 11) is 3.73. The summed E-state index contributed by atoms with van der Waals surface area (Å²) in [5.41, 5.74) is 3.25. The van der Waals surface area contributed by atoms with Crippen LogP contribution in [0.2, 0.25) is 0 Å².